The second-order valence-corrected chi connectivity index (χ2v) is 6.94. The first-order valence-electron chi connectivity index (χ1n) is 7.59. The van der Waals surface area contributed by atoms with Crippen molar-refractivity contribution in [2.75, 3.05) is 13.1 Å². The predicted octanol–water partition coefficient (Wildman–Crippen LogP) is 3.03. The number of piperidine rings is 1. The molecule has 0 saturated carbocycles. The summed E-state index contributed by atoms with van der Waals surface area (Å²) in [4.78, 5) is 26.4. The molecule has 4 nitrogen and oxygen atoms in total. The van der Waals surface area contributed by atoms with Crippen molar-refractivity contribution in [3.8, 4) is 0 Å². The van der Waals surface area contributed by atoms with Crippen molar-refractivity contribution in [1.29, 1.82) is 0 Å². The van der Waals surface area contributed by atoms with Crippen LogP contribution in [0.1, 0.15) is 37.5 Å². The molecule has 1 aliphatic heterocycles. The van der Waals surface area contributed by atoms with E-state index in [1.165, 1.54) is 4.88 Å². The smallest absolute Gasteiger partial charge is 0.303 e. The Balaban J connectivity index is 1.84. The number of nitrogens with zero attached hydrogens (tertiary/aromatic N) is 1. The van der Waals surface area contributed by atoms with Gasteiger partial charge < -0.3 is 10.0 Å². The normalized spacial score (nSPS) is 20.2. The fourth-order valence-electron chi connectivity index (χ4n) is 2.96. The number of thiophene rings is 1. The zero-order chi connectivity index (χ0) is 15.2. The molecule has 0 aromatic carbocycles. The average molecular weight is 309 g/mol. The van der Waals surface area contributed by atoms with E-state index in [1.54, 1.807) is 11.3 Å². The Labute approximate surface area is 129 Å². The van der Waals surface area contributed by atoms with E-state index in [0.29, 0.717) is 12.3 Å². The molecule has 5 heteroatoms. The molecule has 2 rings (SSSR count). The summed E-state index contributed by atoms with van der Waals surface area (Å²) in [6, 6.07) is 4.08. The molecule has 0 aliphatic carbocycles. The van der Waals surface area contributed by atoms with E-state index < -0.39 is 5.97 Å². The Kier molecular flexibility index (Phi) is 5.79. The maximum absolute atomic E-state index is 12.5. The molecule has 1 aliphatic rings. The van der Waals surface area contributed by atoms with Crippen LogP contribution in [0.3, 0.4) is 0 Å². The molecular formula is C16H23NO3S. The Morgan fingerprint density at radius 3 is 3.00 bits per heavy atom. The second kappa shape index (κ2) is 7.59. The highest BCUT2D eigenvalue weighted by atomic mass is 32.1. The number of aliphatic carboxylic acids is 1. The van der Waals surface area contributed by atoms with Crippen molar-refractivity contribution in [1.82, 2.24) is 4.90 Å². The molecule has 1 aromatic rings. The molecule has 1 aromatic heterocycles. The maximum Gasteiger partial charge on any atom is 0.303 e. The summed E-state index contributed by atoms with van der Waals surface area (Å²) in [5, 5.41) is 10.8. The molecule has 0 bridgehead atoms. The summed E-state index contributed by atoms with van der Waals surface area (Å²) in [6.45, 7) is 3.53. The van der Waals surface area contributed by atoms with E-state index >= 15 is 0 Å². The van der Waals surface area contributed by atoms with Crippen LogP contribution in [0, 0.1) is 11.8 Å². The van der Waals surface area contributed by atoms with Gasteiger partial charge in [-0.1, -0.05) is 13.0 Å². The highest BCUT2D eigenvalue weighted by molar-refractivity contribution is 7.09. The number of likely N-dealkylation sites (tertiary alicyclic amines) is 1. The van der Waals surface area contributed by atoms with Gasteiger partial charge >= 0.3 is 5.97 Å². The molecule has 1 amide bonds. The fraction of sp³-hybridized carbons (Fsp3) is 0.625. The van der Waals surface area contributed by atoms with Crippen LogP contribution < -0.4 is 0 Å². The summed E-state index contributed by atoms with van der Waals surface area (Å²) in [6.07, 6.45) is 3.71. The predicted molar refractivity (Wildman–Crippen MR) is 83.4 cm³/mol. The highest BCUT2D eigenvalue weighted by Gasteiger charge is 2.27. The minimum absolute atomic E-state index is 0.00173. The van der Waals surface area contributed by atoms with Crippen LogP contribution in [0.25, 0.3) is 0 Å². The van der Waals surface area contributed by atoms with Crippen LogP contribution in [0.4, 0.5) is 0 Å². The Morgan fingerprint density at radius 1 is 1.52 bits per heavy atom. The van der Waals surface area contributed by atoms with Crippen molar-refractivity contribution in [2.45, 2.75) is 39.0 Å². The third-order valence-corrected chi connectivity index (χ3v) is 5.00. The molecule has 1 saturated heterocycles. The van der Waals surface area contributed by atoms with E-state index in [1.807, 2.05) is 23.3 Å². The monoisotopic (exact) mass is 309 g/mol. The molecule has 2 atom stereocenters. The summed E-state index contributed by atoms with van der Waals surface area (Å²) in [5.41, 5.74) is 0. The zero-order valence-corrected chi connectivity index (χ0v) is 13.3. The molecule has 1 fully saturated rings. The number of rotatable bonds is 6. The number of amides is 1. The van der Waals surface area contributed by atoms with Crippen molar-refractivity contribution in [3.05, 3.63) is 22.4 Å². The Hall–Kier alpha value is -1.36. The summed E-state index contributed by atoms with van der Waals surface area (Å²) in [5.74, 6) is -0.192. The first kappa shape index (κ1) is 16.0. The van der Waals surface area contributed by atoms with Gasteiger partial charge in [0.25, 0.3) is 0 Å². The lowest BCUT2D eigenvalue weighted by atomic mass is 9.92. The van der Waals surface area contributed by atoms with Gasteiger partial charge in [0, 0.05) is 30.3 Å². The number of hydrogen-bond acceptors (Lipinski definition) is 3. The number of carboxylic acids is 1. The largest absolute Gasteiger partial charge is 0.481 e. The molecule has 0 unspecified atom stereocenters. The maximum atomic E-state index is 12.5. The molecule has 21 heavy (non-hydrogen) atoms. The fourth-order valence-corrected chi connectivity index (χ4v) is 3.79. The highest BCUT2D eigenvalue weighted by Crippen LogP contribution is 2.23. The van der Waals surface area contributed by atoms with E-state index in [4.69, 9.17) is 5.11 Å². The van der Waals surface area contributed by atoms with E-state index in [-0.39, 0.29) is 18.2 Å². The summed E-state index contributed by atoms with van der Waals surface area (Å²) in [7, 11) is 0. The quantitative estimate of drug-likeness (QED) is 0.878. The first-order chi connectivity index (χ1) is 10.1. The topological polar surface area (TPSA) is 57.6 Å². The molecular weight excluding hydrogens is 286 g/mol. The van der Waals surface area contributed by atoms with Crippen LogP contribution in [0.2, 0.25) is 0 Å². The van der Waals surface area contributed by atoms with Gasteiger partial charge in [-0.3, -0.25) is 9.59 Å². The average Bonchev–Trinajstić information content (AvgIpc) is 2.97. The third kappa shape index (κ3) is 4.84. The van der Waals surface area contributed by atoms with Crippen molar-refractivity contribution in [2.24, 2.45) is 11.8 Å². The van der Waals surface area contributed by atoms with Crippen LogP contribution >= 0.6 is 11.3 Å². The zero-order valence-electron chi connectivity index (χ0n) is 12.5. The van der Waals surface area contributed by atoms with Gasteiger partial charge in [-0.05, 0) is 43.0 Å². The molecule has 0 radical (unpaired) electrons. The van der Waals surface area contributed by atoms with E-state index in [9.17, 15) is 9.59 Å². The minimum Gasteiger partial charge on any atom is -0.481 e. The number of hydrogen-bond donors (Lipinski definition) is 1. The van der Waals surface area contributed by atoms with Crippen molar-refractivity contribution < 1.29 is 14.7 Å². The van der Waals surface area contributed by atoms with Gasteiger partial charge in [-0.15, -0.1) is 11.3 Å². The lowest BCUT2D eigenvalue weighted by Crippen LogP contribution is -2.43. The molecule has 0 spiro atoms. The number of carbonyl (C=O) groups excluding carboxylic acids is 1. The minimum atomic E-state index is -0.746. The molecule has 116 valence electrons. The van der Waals surface area contributed by atoms with Gasteiger partial charge in [0.15, 0.2) is 0 Å². The lowest BCUT2D eigenvalue weighted by Gasteiger charge is -2.34. The van der Waals surface area contributed by atoms with Crippen molar-refractivity contribution in [3.63, 3.8) is 0 Å². The van der Waals surface area contributed by atoms with Gasteiger partial charge in [0.2, 0.25) is 5.91 Å². The van der Waals surface area contributed by atoms with Crippen LogP contribution in [0.5, 0.6) is 0 Å². The van der Waals surface area contributed by atoms with Crippen LogP contribution in [0.15, 0.2) is 17.5 Å². The number of carboxylic acid groups (broad SMARTS) is 1. The van der Waals surface area contributed by atoms with Crippen LogP contribution in [-0.4, -0.2) is 35.0 Å². The third-order valence-electron chi connectivity index (χ3n) is 4.11. The van der Waals surface area contributed by atoms with Gasteiger partial charge in [-0.25, -0.2) is 0 Å². The first-order valence-corrected chi connectivity index (χ1v) is 8.47. The SMILES string of the molecule is C[C@H](Cc1cccs1)C(=O)N1CCC[C@@H](CCC(=O)O)C1. The number of carbonyl (C=O) groups is 2. The summed E-state index contributed by atoms with van der Waals surface area (Å²) >= 11 is 1.69. The lowest BCUT2D eigenvalue weighted by molar-refractivity contribution is -0.137. The van der Waals surface area contributed by atoms with E-state index in [2.05, 4.69) is 6.07 Å². The standard InChI is InChI=1S/C16H23NO3S/c1-12(10-14-5-3-9-21-14)16(20)17-8-2-4-13(11-17)6-7-15(18)19/h3,5,9,12-13H,2,4,6-8,10-11H2,1H3,(H,18,19)/t12-,13+/m1/s1. The van der Waals surface area contributed by atoms with Crippen molar-refractivity contribution >= 4 is 23.2 Å². The van der Waals surface area contributed by atoms with Gasteiger partial charge in [0.1, 0.15) is 0 Å². The Morgan fingerprint density at radius 2 is 2.33 bits per heavy atom. The Bertz CT molecular complexity index is 472. The molecule has 2 heterocycles. The summed E-state index contributed by atoms with van der Waals surface area (Å²) < 4.78 is 0. The second-order valence-electron chi connectivity index (χ2n) is 5.91. The molecule has 1 N–H and O–H groups in total. The van der Waals surface area contributed by atoms with Gasteiger partial charge in [-0.2, -0.15) is 0 Å². The van der Waals surface area contributed by atoms with E-state index in [0.717, 1.165) is 32.4 Å². The van der Waals surface area contributed by atoms with Gasteiger partial charge in [0.05, 0.1) is 0 Å². The van der Waals surface area contributed by atoms with Crippen LogP contribution in [-0.2, 0) is 16.0 Å².